The lowest BCUT2D eigenvalue weighted by Crippen LogP contribution is -2.44. The molecule has 0 aliphatic heterocycles. The van der Waals surface area contributed by atoms with Crippen molar-refractivity contribution in [3.63, 3.8) is 0 Å². The third-order valence-corrected chi connectivity index (χ3v) is 5.45. The van der Waals surface area contributed by atoms with Gasteiger partial charge >= 0.3 is 11.9 Å². The van der Waals surface area contributed by atoms with Crippen LogP contribution in [0.2, 0.25) is 0 Å². The van der Waals surface area contributed by atoms with Crippen LogP contribution in [0.3, 0.4) is 0 Å². The Hall–Kier alpha value is -2.05. The van der Waals surface area contributed by atoms with E-state index >= 15 is 0 Å². The Bertz CT molecular complexity index is 610. The number of rotatable bonds is 13. The lowest BCUT2D eigenvalue weighted by atomic mass is 9.81. The minimum Gasteiger partial charge on any atom is -0.462 e. The Morgan fingerprint density at radius 3 is 1.66 bits per heavy atom. The van der Waals surface area contributed by atoms with Gasteiger partial charge in [-0.1, -0.05) is 41.5 Å². The van der Waals surface area contributed by atoms with Crippen molar-refractivity contribution >= 4 is 29.3 Å². The molecule has 7 heteroatoms. The highest BCUT2D eigenvalue weighted by Crippen LogP contribution is 2.26. The van der Waals surface area contributed by atoms with Gasteiger partial charge in [0, 0.05) is 19.8 Å². The fourth-order valence-corrected chi connectivity index (χ4v) is 3.33. The fraction of sp³-hybridized carbons (Fsp3) is 0.773. The average Bonchev–Trinajstić information content (AvgIpc) is 2.71. The number of esters is 2. The number of ketones is 3. The van der Waals surface area contributed by atoms with Gasteiger partial charge in [-0.25, -0.2) is 0 Å². The maximum Gasteiger partial charge on any atom is 0.316 e. The molecule has 0 aromatic carbocycles. The molecule has 0 saturated heterocycles. The van der Waals surface area contributed by atoms with Crippen LogP contribution in [-0.4, -0.2) is 41.5 Å². The second kappa shape index (κ2) is 12.5. The highest BCUT2D eigenvalue weighted by atomic mass is 16.5. The standard InChI is InChI=1S/C22H36O7/c1-9-17(24)12(4)21(29-22(27)13(5)18(25)10-2)15(7)20(26)14(6)19(11-3)28-16(8)23/h12-15,19,21H,9-11H2,1-8H3/t12-,13-,14+,15-,19-,21+/m0/s1. The van der Waals surface area contributed by atoms with E-state index in [1.54, 1.807) is 41.5 Å². The summed E-state index contributed by atoms with van der Waals surface area (Å²) >= 11 is 0. The van der Waals surface area contributed by atoms with Crippen molar-refractivity contribution in [2.75, 3.05) is 0 Å². The van der Waals surface area contributed by atoms with E-state index in [9.17, 15) is 24.0 Å². The molecule has 6 atom stereocenters. The van der Waals surface area contributed by atoms with E-state index < -0.39 is 47.8 Å². The molecule has 0 fully saturated rings. The van der Waals surface area contributed by atoms with Crippen LogP contribution in [0.1, 0.15) is 74.7 Å². The van der Waals surface area contributed by atoms with Crippen molar-refractivity contribution < 1.29 is 33.4 Å². The molecule has 0 saturated carbocycles. The van der Waals surface area contributed by atoms with E-state index in [1.807, 2.05) is 0 Å². The van der Waals surface area contributed by atoms with Gasteiger partial charge in [-0.05, 0) is 13.3 Å². The van der Waals surface area contributed by atoms with E-state index in [2.05, 4.69) is 0 Å². The lowest BCUT2D eigenvalue weighted by Gasteiger charge is -2.31. The topological polar surface area (TPSA) is 104 Å². The van der Waals surface area contributed by atoms with Crippen LogP contribution in [0.25, 0.3) is 0 Å². The second-order valence-electron chi connectivity index (χ2n) is 7.59. The maximum absolute atomic E-state index is 13.1. The highest BCUT2D eigenvalue weighted by molar-refractivity contribution is 5.98. The van der Waals surface area contributed by atoms with Gasteiger partial charge in [-0.15, -0.1) is 0 Å². The SMILES string of the molecule is CCC(=O)[C@H](C)C(=O)O[C@H]([C@@H](C)C(=O)CC)[C@@H](C)C(=O)[C@H](C)[C@H](CC)OC(C)=O. The lowest BCUT2D eigenvalue weighted by molar-refractivity contribution is -0.164. The monoisotopic (exact) mass is 412 g/mol. The first-order valence-corrected chi connectivity index (χ1v) is 10.4. The van der Waals surface area contributed by atoms with Crippen molar-refractivity contribution in [1.29, 1.82) is 0 Å². The van der Waals surface area contributed by atoms with Gasteiger partial charge < -0.3 is 9.47 Å². The summed E-state index contributed by atoms with van der Waals surface area (Å²) in [4.78, 5) is 61.0. The van der Waals surface area contributed by atoms with E-state index in [0.717, 1.165) is 0 Å². The molecule has 0 spiro atoms. The zero-order valence-electron chi connectivity index (χ0n) is 18.9. The van der Waals surface area contributed by atoms with Gasteiger partial charge in [-0.3, -0.25) is 24.0 Å². The summed E-state index contributed by atoms with van der Waals surface area (Å²) in [7, 11) is 0. The predicted molar refractivity (Wildman–Crippen MR) is 108 cm³/mol. The van der Waals surface area contributed by atoms with Crippen molar-refractivity contribution in [1.82, 2.24) is 0 Å². The van der Waals surface area contributed by atoms with E-state index in [1.165, 1.54) is 13.8 Å². The number of Topliss-reactive ketones (excluding diaryl/α,β-unsaturated/α-hetero) is 3. The zero-order valence-corrected chi connectivity index (χ0v) is 18.9. The third kappa shape index (κ3) is 7.71. The van der Waals surface area contributed by atoms with Crippen LogP contribution in [-0.2, 0) is 33.4 Å². The minimum absolute atomic E-state index is 0.142. The molecule has 0 aliphatic carbocycles. The molecular formula is C22H36O7. The van der Waals surface area contributed by atoms with Gasteiger partial charge in [0.2, 0.25) is 0 Å². The molecule has 0 bridgehead atoms. The Morgan fingerprint density at radius 1 is 0.724 bits per heavy atom. The molecule has 7 nitrogen and oxygen atoms in total. The van der Waals surface area contributed by atoms with Gasteiger partial charge in [0.15, 0.2) is 0 Å². The van der Waals surface area contributed by atoms with Gasteiger partial charge in [-0.2, -0.15) is 0 Å². The summed E-state index contributed by atoms with van der Waals surface area (Å²) < 4.78 is 10.8. The van der Waals surface area contributed by atoms with E-state index in [-0.39, 0.29) is 30.2 Å². The predicted octanol–water partition coefficient (Wildman–Crippen LogP) is 3.31. The first kappa shape index (κ1) is 27.0. The molecule has 0 aromatic heterocycles. The Kier molecular flexibility index (Phi) is 11.6. The molecule has 0 aliphatic rings. The quantitative estimate of drug-likeness (QED) is 0.338. The van der Waals surface area contributed by atoms with Crippen molar-refractivity contribution in [2.45, 2.75) is 86.9 Å². The van der Waals surface area contributed by atoms with Crippen LogP contribution >= 0.6 is 0 Å². The molecule has 0 heterocycles. The summed E-state index contributed by atoms with van der Waals surface area (Å²) in [5.74, 6) is -4.98. The fourth-order valence-electron chi connectivity index (χ4n) is 3.33. The number of carbonyl (C=O) groups is 5. The Balaban J connectivity index is 5.67. The number of hydrogen-bond acceptors (Lipinski definition) is 7. The van der Waals surface area contributed by atoms with Crippen LogP contribution in [0, 0.1) is 23.7 Å². The normalized spacial score (nSPS) is 17.2. The number of hydrogen-bond donors (Lipinski definition) is 0. The van der Waals surface area contributed by atoms with Crippen LogP contribution in [0.5, 0.6) is 0 Å². The van der Waals surface area contributed by atoms with Crippen LogP contribution in [0.15, 0.2) is 0 Å². The third-order valence-electron chi connectivity index (χ3n) is 5.45. The van der Waals surface area contributed by atoms with Crippen molar-refractivity contribution in [3.05, 3.63) is 0 Å². The average molecular weight is 413 g/mol. The molecule has 0 amide bonds. The summed E-state index contributed by atoms with van der Waals surface area (Å²) in [5.41, 5.74) is 0. The first-order valence-electron chi connectivity index (χ1n) is 10.4. The molecule has 0 N–H and O–H groups in total. The zero-order chi connectivity index (χ0) is 22.9. The highest BCUT2D eigenvalue weighted by Gasteiger charge is 2.39. The van der Waals surface area contributed by atoms with E-state index in [4.69, 9.17) is 9.47 Å². The van der Waals surface area contributed by atoms with Crippen LogP contribution in [0.4, 0.5) is 0 Å². The summed E-state index contributed by atoms with van der Waals surface area (Å²) in [5, 5.41) is 0. The minimum atomic E-state index is -0.994. The second-order valence-corrected chi connectivity index (χ2v) is 7.59. The maximum atomic E-state index is 13.1. The van der Waals surface area contributed by atoms with Gasteiger partial charge in [0.05, 0.1) is 17.8 Å². The number of carbonyl (C=O) groups excluding carboxylic acids is 5. The van der Waals surface area contributed by atoms with Crippen molar-refractivity contribution in [3.8, 4) is 0 Å². The van der Waals surface area contributed by atoms with E-state index in [0.29, 0.717) is 6.42 Å². The largest absolute Gasteiger partial charge is 0.462 e. The smallest absolute Gasteiger partial charge is 0.316 e. The van der Waals surface area contributed by atoms with Crippen molar-refractivity contribution in [2.24, 2.45) is 23.7 Å². The van der Waals surface area contributed by atoms with Gasteiger partial charge in [0.1, 0.15) is 35.5 Å². The molecule has 0 radical (unpaired) electrons. The summed E-state index contributed by atoms with van der Waals surface area (Å²) in [6, 6.07) is 0. The molecule has 0 aromatic rings. The molecule has 166 valence electrons. The summed E-state index contributed by atoms with van der Waals surface area (Å²) in [6.07, 6.45) is -0.713. The molecular weight excluding hydrogens is 376 g/mol. The molecule has 29 heavy (non-hydrogen) atoms. The molecule has 0 rings (SSSR count). The molecule has 0 unspecified atom stereocenters. The van der Waals surface area contributed by atoms with Crippen LogP contribution < -0.4 is 0 Å². The number of ether oxygens (including phenoxy) is 2. The summed E-state index contributed by atoms with van der Waals surface area (Å²) in [6.45, 7) is 12.8. The first-order chi connectivity index (χ1) is 13.4. The Labute approximate surface area is 173 Å². The van der Waals surface area contributed by atoms with Gasteiger partial charge in [0.25, 0.3) is 0 Å². The Morgan fingerprint density at radius 2 is 1.24 bits per heavy atom.